The molecule has 6 aromatic heterocycles. The number of rotatable bonds is 14. The topological polar surface area (TPSA) is 311 Å². The fraction of sp³-hybridized carbons (Fsp3) is 0.102. The molecule has 0 saturated heterocycles. The van der Waals surface area contributed by atoms with Crippen molar-refractivity contribution in [3.63, 3.8) is 0 Å². The molecule has 7 heterocycles. The third-order valence-corrected chi connectivity index (χ3v) is 11.6. The largest absolute Gasteiger partial charge is 0.482 e. The average molecular weight is 1030 g/mol. The molecule has 374 valence electrons. The fourth-order valence-electron chi connectivity index (χ4n) is 7.51. The van der Waals surface area contributed by atoms with Crippen molar-refractivity contribution in [3.8, 4) is 28.5 Å². The maximum absolute atomic E-state index is 13.4. The highest BCUT2D eigenvalue weighted by Crippen LogP contribution is 2.28. The summed E-state index contributed by atoms with van der Waals surface area (Å²) in [7, 11) is 0. The van der Waals surface area contributed by atoms with Gasteiger partial charge in [0.2, 0.25) is 0 Å². The third-order valence-electron chi connectivity index (χ3n) is 11.3. The molecule has 1 aliphatic heterocycles. The monoisotopic (exact) mass is 1030 g/mol. The first-order valence-corrected chi connectivity index (χ1v) is 23.0. The van der Waals surface area contributed by atoms with Crippen molar-refractivity contribution in [1.29, 1.82) is 0 Å². The number of halogens is 2. The van der Waals surface area contributed by atoms with Crippen molar-refractivity contribution in [3.05, 3.63) is 184 Å². The second-order valence-electron chi connectivity index (χ2n) is 16.3. The number of amides is 5. The van der Waals surface area contributed by atoms with Crippen molar-refractivity contribution in [2.45, 2.75) is 26.2 Å². The lowest BCUT2D eigenvalue weighted by Gasteiger charge is -2.18. The quantitative estimate of drug-likeness (QED) is 0.0800. The van der Waals surface area contributed by atoms with E-state index in [-0.39, 0.29) is 72.3 Å². The van der Waals surface area contributed by atoms with Gasteiger partial charge in [0.1, 0.15) is 53.3 Å². The fourth-order valence-corrected chi connectivity index (χ4v) is 7.72. The van der Waals surface area contributed by atoms with Crippen molar-refractivity contribution < 1.29 is 33.1 Å². The van der Waals surface area contributed by atoms with Gasteiger partial charge in [-0.25, -0.2) is 28.8 Å². The van der Waals surface area contributed by atoms with Gasteiger partial charge in [-0.15, -0.1) is 0 Å². The number of H-pyrrole nitrogens is 2. The van der Waals surface area contributed by atoms with E-state index >= 15 is 0 Å². The summed E-state index contributed by atoms with van der Waals surface area (Å²) in [5.41, 5.74) is 6.00. The second kappa shape index (κ2) is 21.6. The molecule has 0 fully saturated rings. The lowest BCUT2D eigenvalue weighted by molar-refractivity contribution is -0.118. The number of carbonyl (C=O) groups excluding carboxylic acids is 5. The van der Waals surface area contributed by atoms with E-state index in [0.29, 0.717) is 34.3 Å². The molecule has 1 aliphatic rings. The predicted octanol–water partition coefficient (Wildman–Crippen LogP) is 4.27. The van der Waals surface area contributed by atoms with Crippen LogP contribution < -0.4 is 31.3 Å². The highest BCUT2D eigenvalue weighted by Gasteiger charge is 2.21. The van der Waals surface area contributed by atoms with Crippen LogP contribution in [0.5, 0.6) is 5.75 Å². The molecule has 24 nitrogen and oxygen atoms in total. The Morgan fingerprint density at radius 2 is 1.15 bits per heavy atom. The molecular formula is C49H38ClFN18O6. The molecule has 5 amide bonds. The number of ether oxygens (including phenoxy) is 1. The Labute approximate surface area is 426 Å². The van der Waals surface area contributed by atoms with E-state index in [4.69, 9.17) is 16.3 Å². The van der Waals surface area contributed by atoms with E-state index in [1.165, 1.54) is 64.5 Å². The lowest BCUT2D eigenvalue weighted by atomic mass is 10.1. The zero-order chi connectivity index (χ0) is 51.8. The van der Waals surface area contributed by atoms with Gasteiger partial charge < -0.3 is 31.3 Å². The number of carbonyl (C=O) groups is 5. The number of hydrogen-bond acceptors (Lipinski definition) is 15. The first kappa shape index (κ1) is 48.3. The zero-order valence-corrected chi connectivity index (χ0v) is 39.5. The van der Waals surface area contributed by atoms with E-state index < -0.39 is 29.4 Å². The number of aromatic amines is 2. The molecule has 0 spiro atoms. The van der Waals surface area contributed by atoms with Crippen LogP contribution in [0.3, 0.4) is 0 Å². The van der Waals surface area contributed by atoms with Crippen molar-refractivity contribution in [2.75, 3.05) is 11.9 Å². The zero-order valence-electron chi connectivity index (χ0n) is 38.8. The van der Waals surface area contributed by atoms with E-state index in [1.54, 1.807) is 24.3 Å². The number of aromatic nitrogens is 13. The Kier molecular flexibility index (Phi) is 13.9. The Balaban J connectivity index is 0.000000172. The number of fused-ring (bicyclic) bond motifs is 3. The second-order valence-corrected chi connectivity index (χ2v) is 16.7. The summed E-state index contributed by atoms with van der Waals surface area (Å²) >= 11 is 5.80. The Morgan fingerprint density at radius 1 is 0.600 bits per heavy atom. The van der Waals surface area contributed by atoms with Crippen LogP contribution in [-0.4, -0.2) is 101 Å². The van der Waals surface area contributed by atoms with E-state index in [1.807, 2.05) is 48.5 Å². The molecule has 10 aromatic rings. The van der Waals surface area contributed by atoms with Gasteiger partial charge >= 0.3 is 0 Å². The standard InChI is InChI=1S/C25H20N10O4.C24H18ClFN8O2/c36-21-11-39-20-6-3-15(7-17(20)32-21)10-26-23(37)18-8-19(35-25(33-18)29-13-31-35)24(38)27-9-14-1-4-16(5-2-14)22-28-12-30-34-22;25-17-9-15(3-6-18(17)26)12-27-23(35)19-10-20(34-21(32-19)7-8-31-34)24(36)28-11-14-1-4-16(5-2-14)22-29-13-30-33-22/h1-8,12-13H,9-11H2,(H,26,37)(H,27,38)(H,32,36)(H,28,30,34);1-10,13H,11-12H2,(H,27,35)(H,28,36)(H,29,30,33). The van der Waals surface area contributed by atoms with Gasteiger partial charge in [0.25, 0.3) is 35.3 Å². The van der Waals surface area contributed by atoms with E-state index in [2.05, 4.69) is 82.1 Å². The summed E-state index contributed by atoms with van der Waals surface area (Å²) in [6.07, 6.45) is 5.61. The molecule has 0 radical (unpaired) electrons. The SMILES string of the molecule is O=C(NCc1ccc(F)c(Cl)c1)c1cc(C(=O)NCc2ccc(-c3ncn[nH]3)cc2)n2nccc2n1.O=C1COc2ccc(CNC(=O)c3cc(C(=O)NCc4ccc(-c5ncn[nH]5)cc4)n4ncnc4n3)cc2N1. The summed E-state index contributed by atoms with van der Waals surface area (Å²) in [5.74, 6) is -0.707. The van der Waals surface area contributed by atoms with Crippen LogP contribution in [-0.2, 0) is 31.0 Å². The number of benzene rings is 4. The first-order chi connectivity index (χ1) is 36.5. The number of nitrogens with one attached hydrogen (secondary N) is 7. The van der Waals surface area contributed by atoms with Crippen LogP contribution >= 0.6 is 11.6 Å². The molecule has 26 heteroatoms. The summed E-state index contributed by atoms with van der Waals surface area (Å²) in [4.78, 5) is 84.1. The first-order valence-electron chi connectivity index (χ1n) is 22.6. The van der Waals surface area contributed by atoms with Gasteiger partial charge in [-0.1, -0.05) is 72.3 Å². The predicted molar refractivity (Wildman–Crippen MR) is 264 cm³/mol. The minimum atomic E-state index is -0.541. The minimum absolute atomic E-state index is 0.00616. The smallest absolute Gasteiger partial charge is 0.270 e. The van der Waals surface area contributed by atoms with Crippen molar-refractivity contribution >= 4 is 58.2 Å². The van der Waals surface area contributed by atoms with Gasteiger partial charge in [0, 0.05) is 55.5 Å². The highest BCUT2D eigenvalue weighted by atomic mass is 35.5. The van der Waals surface area contributed by atoms with Crippen LogP contribution in [0.1, 0.15) is 64.2 Å². The molecule has 11 rings (SSSR count). The van der Waals surface area contributed by atoms with Crippen LogP contribution in [0.4, 0.5) is 10.1 Å². The van der Waals surface area contributed by atoms with E-state index in [0.717, 1.165) is 27.8 Å². The third kappa shape index (κ3) is 11.3. The van der Waals surface area contributed by atoms with Gasteiger partial charge in [-0.3, -0.25) is 34.2 Å². The van der Waals surface area contributed by atoms with Crippen LogP contribution in [0.15, 0.2) is 128 Å². The Bertz CT molecular complexity index is 3740. The highest BCUT2D eigenvalue weighted by molar-refractivity contribution is 6.30. The maximum atomic E-state index is 13.4. The van der Waals surface area contributed by atoms with Crippen LogP contribution in [0.2, 0.25) is 5.02 Å². The summed E-state index contributed by atoms with van der Waals surface area (Å²) < 4.78 is 21.3. The van der Waals surface area contributed by atoms with Gasteiger partial charge in [-0.05, 0) is 46.5 Å². The number of anilines is 1. The summed E-state index contributed by atoms with van der Waals surface area (Å²) in [6.45, 7) is 0.733. The van der Waals surface area contributed by atoms with Crippen molar-refractivity contribution in [2.24, 2.45) is 0 Å². The number of nitrogens with zero attached hydrogens (tertiary/aromatic N) is 11. The van der Waals surface area contributed by atoms with Crippen LogP contribution in [0.25, 0.3) is 34.2 Å². The van der Waals surface area contributed by atoms with Crippen molar-refractivity contribution in [1.82, 2.24) is 85.8 Å². The Hall–Kier alpha value is -10.3. The molecule has 75 heavy (non-hydrogen) atoms. The Morgan fingerprint density at radius 3 is 1.75 bits per heavy atom. The molecule has 0 atom stereocenters. The van der Waals surface area contributed by atoms with Crippen LogP contribution in [0, 0.1) is 5.82 Å². The minimum Gasteiger partial charge on any atom is -0.482 e. The van der Waals surface area contributed by atoms with Gasteiger partial charge in [0.15, 0.2) is 23.9 Å². The molecule has 7 N–H and O–H groups in total. The molecule has 0 aliphatic carbocycles. The molecular weight excluding hydrogens is 991 g/mol. The van der Waals surface area contributed by atoms with E-state index in [9.17, 15) is 28.4 Å². The maximum Gasteiger partial charge on any atom is 0.270 e. The van der Waals surface area contributed by atoms with Gasteiger partial charge in [0.05, 0.1) is 16.9 Å². The molecule has 0 unspecified atom stereocenters. The molecule has 0 saturated carbocycles. The van der Waals surface area contributed by atoms with Gasteiger partial charge in [-0.2, -0.15) is 29.9 Å². The summed E-state index contributed by atoms with van der Waals surface area (Å²) in [5, 5.41) is 35.3. The summed E-state index contributed by atoms with van der Waals surface area (Å²) in [6, 6.07) is 28.7. The lowest BCUT2D eigenvalue weighted by Crippen LogP contribution is -2.29. The average Bonchev–Trinajstić information content (AvgIpc) is 4.31. The number of hydrogen-bond donors (Lipinski definition) is 7. The molecule has 0 bridgehead atoms. The normalized spacial score (nSPS) is 11.7. The molecule has 4 aromatic carbocycles.